The van der Waals surface area contributed by atoms with E-state index in [0.717, 1.165) is 29.0 Å². The third-order valence-corrected chi connectivity index (χ3v) is 3.30. The summed E-state index contributed by atoms with van der Waals surface area (Å²) in [7, 11) is 0. The number of hydrogen-bond donors (Lipinski definition) is 2. The maximum Gasteiger partial charge on any atom is 0.416 e. The van der Waals surface area contributed by atoms with Crippen LogP contribution < -0.4 is 11.3 Å². The highest BCUT2D eigenvalue weighted by atomic mass is 19.4. The van der Waals surface area contributed by atoms with Gasteiger partial charge in [-0.3, -0.25) is 16.3 Å². The minimum atomic E-state index is -4.32. The first-order valence-corrected chi connectivity index (χ1v) is 6.45. The molecule has 0 aliphatic heterocycles. The van der Waals surface area contributed by atoms with Crippen molar-refractivity contribution in [3.05, 3.63) is 65.0 Å². The summed E-state index contributed by atoms with van der Waals surface area (Å²) in [5.41, 5.74) is 4.54. The van der Waals surface area contributed by atoms with Crippen molar-refractivity contribution in [2.75, 3.05) is 0 Å². The molecule has 1 unspecified atom stereocenters. The number of nitrogens with zero attached hydrogens (tertiary/aromatic N) is 1. The average molecular weight is 295 g/mol. The lowest BCUT2D eigenvalue weighted by Crippen LogP contribution is -2.30. The Labute approximate surface area is 121 Å². The Kier molecular flexibility index (Phi) is 4.59. The first-order valence-electron chi connectivity index (χ1n) is 6.45. The van der Waals surface area contributed by atoms with Crippen molar-refractivity contribution in [2.45, 2.75) is 25.6 Å². The predicted molar refractivity (Wildman–Crippen MR) is 74.2 cm³/mol. The Hall–Kier alpha value is -1.92. The first kappa shape index (κ1) is 15.5. The third kappa shape index (κ3) is 3.80. The van der Waals surface area contributed by atoms with E-state index >= 15 is 0 Å². The molecule has 6 heteroatoms. The fourth-order valence-corrected chi connectivity index (χ4v) is 2.16. The van der Waals surface area contributed by atoms with Gasteiger partial charge in [-0.1, -0.05) is 18.2 Å². The van der Waals surface area contributed by atoms with Gasteiger partial charge in [-0.25, -0.2) is 0 Å². The van der Waals surface area contributed by atoms with Crippen LogP contribution in [0.15, 0.2) is 42.6 Å². The van der Waals surface area contributed by atoms with Gasteiger partial charge >= 0.3 is 6.18 Å². The highest BCUT2D eigenvalue weighted by Gasteiger charge is 2.30. The number of aromatic nitrogens is 1. The average Bonchev–Trinajstić information content (AvgIpc) is 2.45. The normalized spacial score (nSPS) is 13.2. The van der Waals surface area contributed by atoms with Crippen molar-refractivity contribution in [3.8, 4) is 0 Å². The molecular weight excluding hydrogens is 279 g/mol. The fraction of sp³-hybridized carbons (Fsp3) is 0.267. The quantitative estimate of drug-likeness (QED) is 0.673. The Morgan fingerprint density at radius 1 is 1.19 bits per heavy atom. The van der Waals surface area contributed by atoms with E-state index in [2.05, 4.69) is 10.4 Å². The zero-order valence-electron chi connectivity index (χ0n) is 11.5. The summed E-state index contributed by atoms with van der Waals surface area (Å²) in [4.78, 5) is 4.28. The van der Waals surface area contributed by atoms with Crippen LogP contribution in [-0.2, 0) is 12.6 Å². The number of aryl methyl sites for hydroxylation is 1. The second kappa shape index (κ2) is 6.24. The van der Waals surface area contributed by atoms with Crippen LogP contribution in [0.25, 0.3) is 0 Å². The van der Waals surface area contributed by atoms with Gasteiger partial charge in [0.2, 0.25) is 0 Å². The number of hydrazine groups is 1. The van der Waals surface area contributed by atoms with E-state index < -0.39 is 11.7 Å². The molecule has 2 aromatic rings. The van der Waals surface area contributed by atoms with Crippen LogP contribution in [-0.4, -0.2) is 4.98 Å². The summed E-state index contributed by atoms with van der Waals surface area (Å²) in [6.45, 7) is 1.92. The van der Waals surface area contributed by atoms with Crippen molar-refractivity contribution in [1.82, 2.24) is 10.4 Å². The molecule has 3 N–H and O–H groups in total. The summed E-state index contributed by atoms with van der Waals surface area (Å²) in [6.07, 6.45) is -2.19. The van der Waals surface area contributed by atoms with Crippen LogP contribution in [0, 0.1) is 6.92 Å². The van der Waals surface area contributed by atoms with Crippen LogP contribution in [0.5, 0.6) is 0 Å². The Morgan fingerprint density at radius 2 is 1.86 bits per heavy atom. The van der Waals surface area contributed by atoms with Crippen molar-refractivity contribution in [1.29, 1.82) is 0 Å². The molecule has 1 heterocycles. The van der Waals surface area contributed by atoms with Crippen molar-refractivity contribution < 1.29 is 13.2 Å². The molecule has 1 aromatic carbocycles. The molecule has 0 fully saturated rings. The van der Waals surface area contributed by atoms with Crippen molar-refractivity contribution >= 4 is 0 Å². The minimum Gasteiger partial charge on any atom is -0.271 e. The van der Waals surface area contributed by atoms with E-state index in [9.17, 15) is 13.2 Å². The van der Waals surface area contributed by atoms with Gasteiger partial charge < -0.3 is 0 Å². The lowest BCUT2D eigenvalue weighted by atomic mass is 9.99. The van der Waals surface area contributed by atoms with Gasteiger partial charge in [-0.05, 0) is 42.7 Å². The second-order valence-electron chi connectivity index (χ2n) is 4.82. The molecule has 0 radical (unpaired) electrons. The van der Waals surface area contributed by atoms with Gasteiger partial charge in [0.05, 0.1) is 17.3 Å². The van der Waals surface area contributed by atoms with Gasteiger partial charge in [-0.15, -0.1) is 0 Å². The number of alkyl halides is 3. The zero-order valence-corrected chi connectivity index (χ0v) is 11.5. The minimum absolute atomic E-state index is 0.247. The third-order valence-electron chi connectivity index (χ3n) is 3.30. The van der Waals surface area contributed by atoms with Crippen molar-refractivity contribution in [2.24, 2.45) is 5.84 Å². The topological polar surface area (TPSA) is 50.9 Å². The molecule has 0 saturated carbocycles. The molecule has 0 aliphatic carbocycles. The molecule has 0 saturated heterocycles. The van der Waals surface area contributed by atoms with Crippen LogP contribution in [0.4, 0.5) is 13.2 Å². The molecule has 3 nitrogen and oxygen atoms in total. The standard InChI is InChI=1S/C15H16F3N3/c1-10-3-2-8-20-14(10)13(21-19)9-11-4-6-12(7-5-11)15(16,17)18/h2-8,13,21H,9,19H2,1H3. The molecule has 0 bridgehead atoms. The summed E-state index contributed by atoms with van der Waals surface area (Å²) in [5, 5.41) is 0. The molecule has 112 valence electrons. The van der Waals surface area contributed by atoms with Crippen LogP contribution in [0.3, 0.4) is 0 Å². The summed E-state index contributed by atoms with van der Waals surface area (Å²) >= 11 is 0. The highest BCUT2D eigenvalue weighted by Crippen LogP contribution is 2.29. The molecule has 1 aromatic heterocycles. The number of nitrogens with two attached hydrogens (primary N) is 1. The second-order valence-corrected chi connectivity index (χ2v) is 4.82. The van der Waals surface area contributed by atoms with E-state index in [1.54, 1.807) is 6.20 Å². The molecule has 0 spiro atoms. The van der Waals surface area contributed by atoms with Gasteiger partial charge in [0.25, 0.3) is 0 Å². The smallest absolute Gasteiger partial charge is 0.271 e. The Morgan fingerprint density at radius 3 is 2.38 bits per heavy atom. The molecular formula is C15H16F3N3. The fourth-order valence-electron chi connectivity index (χ4n) is 2.16. The van der Waals surface area contributed by atoms with E-state index in [4.69, 9.17) is 5.84 Å². The maximum absolute atomic E-state index is 12.5. The van der Waals surface area contributed by atoms with E-state index in [-0.39, 0.29) is 6.04 Å². The number of hydrogen-bond acceptors (Lipinski definition) is 3. The molecule has 0 aliphatic rings. The number of pyridine rings is 1. The summed E-state index contributed by atoms with van der Waals surface area (Å²) in [5.74, 6) is 5.55. The predicted octanol–water partition coefficient (Wildman–Crippen LogP) is 3.16. The van der Waals surface area contributed by atoms with Crippen LogP contribution in [0.1, 0.15) is 28.4 Å². The number of rotatable bonds is 4. The number of nitrogens with one attached hydrogen (secondary N) is 1. The van der Waals surface area contributed by atoms with Gasteiger partial charge in [0, 0.05) is 6.20 Å². The summed E-state index contributed by atoms with van der Waals surface area (Å²) in [6, 6.07) is 8.58. The molecule has 0 amide bonds. The van der Waals surface area contributed by atoms with E-state index in [1.165, 1.54) is 12.1 Å². The van der Waals surface area contributed by atoms with Gasteiger partial charge in [0.1, 0.15) is 0 Å². The molecule has 21 heavy (non-hydrogen) atoms. The van der Waals surface area contributed by atoms with Gasteiger partial charge in [0.15, 0.2) is 0 Å². The highest BCUT2D eigenvalue weighted by molar-refractivity contribution is 5.28. The monoisotopic (exact) mass is 295 g/mol. The lowest BCUT2D eigenvalue weighted by Gasteiger charge is -2.17. The summed E-state index contributed by atoms with van der Waals surface area (Å²) < 4.78 is 37.6. The van der Waals surface area contributed by atoms with Crippen LogP contribution >= 0.6 is 0 Å². The Bertz CT molecular complexity index is 594. The maximum atomic E-state index is 12.5. The SMILES string of the molecule is Cc1cccnc1C(Cc1ccc(C(F)(F)F)cc1)NN. The molecule has 2 rings (SSSR count). The zero-order chi connectivity index (χ0) is 15.5. The molecule has 1 atom stereocenters. The Balaban J connectivity index is 2.18. The van der Waals surface area contributed by atoms with E-state index in [1.807, 2.05) is 19.1 Å². The van der Waals surface area contributed by atoms with E-state index in [0.29, 0.717) is 6.42 Å². The first-order chi connectivity index (χ1) is 9.91. The number of benzene rings is 1. The largest absolute Gasteiger partial charge is 0.416 e. The van der Waals surface area contributed by atoms with Crippen molar-refractivity contribution in [3.63, 3.8) is 0 Å². The van der Waals surface area contributed by atoms with Gasteiger partial charge in [-0.2, -0.15) is 13.2 Å². The number of halogens is 3. The van der Waals surface area contributed by atoms with Crippen LogP contribution in [0.2, 0.25) is 0 Å². The lowest BCUT2D eigenvalue weighted by molar-refractivity contribution is -0.137.